The van der Waals surface area contributed by atoms with E-state index in [4.69, 9.17) is 16.3 Å². The number of rotatable bonds is 3. The predicted molar refractivity (Wildman–Crippen MR) is 56.9 cm³/mol. The number of thioether (sulfide) groups is 1. The highest BCUT2D eigenvalue weighted by atomic mass is 35.5. The van der Waals surface area contributed by atoms with Crippen molar-refractivity contribution >= 4 is 23.4 Å². The molecule has 2 rings (SSSR count). The molecule has 0 aliphatic carbocycles. The minimum Gasteiger partial charge on any atom is -0.379 e. The fraction of sp³-hybridized carbons (Fsp3) is 0.556. The number of hydrogen-bond acceptors (Lipinski definition) is 4. The molecular formula is C9H11ClN2OS. The van der Waals surface area contributed by atoms with E-state index in [-0.39, 0.29) is 0 Å². The van der Waals surface area contributed by atoms with Crippen molar-refractivity contribution in [2.75, 3.05) is 13.2 Å². The molecule has 0 bridgehead atoms. The third kappa shape index (κ3) is 2.02. The molecule has 2 heterocycles. The van der Waals surface area contributed by atoms with Gasteiger partial charge in [-0.15, -0.1) is 0 Å². The molecule has 0 radical (unpaired) electrons. The van der Waals surface area contributed by atoms with Gasteiger partial charge in [0.15, 0.2) is 0 Å². The molecule has 0 unspecified atom stereocenters. The van der Waals surface area contributed by atoms with Gasteiger partial charge >= 0.3 is 0 Å². The van der Waals surface area contributed by atoms with E-state index in [1.807, 2.05) is 0 Å². The summed E-state index contributed by atoms with van der Waals surface area (Å²) >= 11 is 7.71. The monoisotopic (exact) mass is 230 g/mol. The van der Waals surface area contributed by atoms with Crippen LogP contribution in [0.1, 0.15) is 12.5 Å². The van der Waals surface area contributed by atoms with Crippen molar-refractivity contribution in [3.05, 3.63) is 17.0 Å². The van der Waals surface area contributed by atoms with Crippen LogP contribution >= 0.6 is 23.4 Å². The van der Waals surface area contributed by atoms with Gasteiger partial charge in [-0.1, -0.05) is 30.3 Å². The molecular weight excluding hydrogens is 220 g/mol. The van der Waals surface area contributed by atoms with Gasteiger partial charge in [-0.3, -0.25) is 0 Å². The molecule has 0 aromatic carbocycles. The van der Waals surface area contributed by atoms with Crippen LogP contribution in [0.2, 0.25) is 5.15 Å². The lowest BCUT2D eigenvalue weighted by atomic mass is 10.3. The number of aromatic nitrogens is 2. The minimum absolute atomic E-state index is 0.534. The molecule has 3 nitrogen and oxygen atoms in total. The summed E-state index contributed by atoms with van der Waals surface area (Å²) < 4.78 is 5.11. The second kappa shape index (κ2) is 4.47. The maximum atomic E-state index is 5.98. The summed E-state index contributed by atoms with van der Waals surface area (Å²) in [6.45, 7) is 3.69. The molecule has 1 aliphatic heterocycles. The molecule has 1 aromatic rings. The Bertz CT molecular complexity index is 331. The van der Waals surface area contributed by atoms with Crippen molar-refractivity contribution in [3.63, 3.8) is 0 Å². The second-order valence-corrected chi connectivity index (χ2v) is 4.73. The average molecular weight is 231 g/mol. The standard InChI is InChI=1S/C9H11ClN2OS/c1-2-7-8(10)11-5-12-9(7)14-6-3-13-4-6/h5-6H,2-4H2,1H3. The molecule has 0 atom stereocenters. The highest BCUT2D eigenvalue weighted by Gasteiger charge is 2.22. The van der Waals surface area contributed by atoms with Gasteiger partial charge in [-0.05, 0) is 6.42 Å². The van der Waals surface area contributed by atoms with Crippen LogP contribution in [0.5, 0.6) is 0 Å². The van der Waals surface area contributed by atoms with Gasteiger partial charge in [0.05, 0.1) is 18.5 Å². The Hall–Kier alpha value is -0.320. The molecule has 0 N–H and O–H groups in total. The normalized spacial score (nSPS) is 16.7. The smallest absolute Gasteiger partial charge is 0.136 e. The lowest BCUT2D eigenvalue weighted by Crippen LogP contribution is -2.30. The third-order valence-electron chi connectivity index (χ3n) is 2.09. The van der Waals surface area contributed by atoms with Crippen LogP contribution in [-0.4, -0.2) is 28.4 Å². The molecule has 0 amide bonds. The summed E-state index contributed by atoms with van der Waals surface area (Å²) in [5, 5.41) is 2.11. The van der Waals surface area contributed by atoms with Crippen LogP contribution in [0.25, 0.3) is 0 Å². The van der Waals surface area contributed by atoms with Crippen molar-refractivity contribution < 1.29 is 4.74 Å². The molecule has 0 spiro atoms. The first-order valence-corrected chi connectivity index (χ1v) is 5.80. The Morgan fingerprint density at radius 3 is 2.93 bits per heavy atom. The van der Waals surface area contributed by atoms with Gasteiger partial charge in [0.1, 0.15) is 16.5 Å². The van der Waals surface area contributed by atoms with Gasteiger partial charge < -0.3 is 4.74 Å². The summed E-state index contributed by atoms with van der Waals surface area (Å²) in [6, 6.07) is 0. The molecule has 1 aliphatic rings. The molecule has 76 valence electrons. The zero-order valence-corrected chi connectivity index (χ0v) is 9.44. The van der Waals surface area contributed by atoms with Crippen LogP contribution in [0.15, 0.2) is 11.4 Å². The van der Waals surface area contributed by atoms with Crippen LogP contribution < -0.4 is 0 Å². The third-order valence-corrected chi connectivity index (χ3v) is 3.60. The van der Waals surface area contributed by atoms with Crippen molar-refractivity contribution in [1.29, 1.82) is 0 Å². The average Bonchev–Trinajstić information content (AvgIpc) is 2.11. The van der Waals surface area contributed by atoms with E-state index in [1.54, 1.807) is 11.8 Å². The van der Waals surface area contributed by atoms with Crippen LogP contribution in [0.4, 0.5) is 0 Å². The zero-order valence-electron chi connectivity index (χ0n) is 7.86. The van der Waals surface area contributed by atoms with E-state index in [0.29, 0.717) is 10.4 Å². The van der Waals surface area contributed by atoms with Gasteiger partial charge in [0.2, 0.25) is 0 Å². The first-order chi connectivity index (χ1) is 6.81. The summed E-state index contributed by atoms with van der Waals surface area (Å²) in [7, 11) is 0. The Kier molecular flexibility index (Phi) is 3.26. The number of hydrogen-bond donors (Lipinski definition) is 0. The van der Waals surface area contributed by atoms with Crippen molar-refractivity contribution in [3.8, 4) is 0 Å². The fourth-order valence-corrected chi connectivity index (χ4v) is 2.67. The Morgan fingerprint density at radius 2 is 2.36 bits per heavy atom. The number of halogens is 1. The van der Waals surface area contributed by atoms with E-state index in [9.17, 15) is 0 Å². The molecule has 1 saturated heterocycles. The van der Waals surface area contributed by atoms with Crippen molar-refractivity contribution in [1.82, 2.24) is 9.97 Å². The van der Waals surface area contributed by atoms with Crippen LogP contribution in [0.3, 0.4) is 0 Å². The summed E-state index contributed by atoms with van der Waals surface area (Å²) in [5.74, 6) is 0. The SMILES string of the molecule is CCc1c(Cl)ncnc1SC1COC1. The van der Waals surface area contributed by atoms with Gasteiger partial charge in [-0.25, -0.2) is 9.97 Å². The van der Waals surface area contributed by atoms with Gasteiger partial charge in [0.25, 0.3) is 0 Å². The Morgan fingerprint density at radius 1 is 1.57 bits per heavy atom. The predicted octanol–water partition coefficient (Wildman–Crippen LogP) is 2.18. The maximum absolute atomic E-state index is 5.98. The van der Waals surface area contributed by atoms with E-state index >= 15 is 0 Å². The van der Waals surface area contributed by atoms with Crippen LogP contribution in [-0.2, 0) is 11.2 Å². The van der Waals surface area contributed by atoms with E-state index in [2.05, 4.69) is 16.9 Å². The molecule has 5 heteroatoms. The van der Waals surface area contributed by atoms with E-state index in [0.717, 1.165) is 30.2 Å². The summed E-state index contributed by atoms with van der Waals surface area (Å²) in [5.41, 5.74) is 1.05. The molecule has 1 fully saturated rings. The van der Waals surface area contributed by atoms with Crippen molar-refractivity contribution in [2.24, 2.45) is 0 Å². The fourth-order valence-electron chi connectivity index (χ4n) is 1.21. The number of ether oxygens (including phenoxy) is 1. The topological polar surface area (TPSA) is 35.0 Å². The highest BCUT2D eigenvalue weighted by molar-refractivity contribution is 8.00. The van der Waals surface area contributed by atoms with Crippen LogP contribution in [0, 0.1) is 0 Å². The Labute approximate surface area is 92.2 Å². The quantitative estimate of drug-likeness (QED) is 0.746. The first kappa shape index (κ1) is 10.2. The Balaban J connectivity index is 2.17. The lowest BCUT2D eigenvalue weighted by molar-refractivity contribution is 0.0454. The molecule has 1 aromatic heterocycles. The maximum Gasteiger partial charge on any atom is 0.136 e. The van der Waals surface area contributed by atoms with E-state index < -0.39 is 0 Å². The highest BCUT2D eigenvalue weighted by Crippen LogP contribution is 2.31. The second-order valence-electron chi connectivity index (χ2n) is 3.08. The lowest BCUT2D eigenvalue weighted by Gasteiger charge is -2.25. The molecule has 14 heavy (non-hydrogen) atoms. The number of nitrogens with zero attached hydrogens (tertiary/aromatic N) is 2. The van der Waals surface area contributed by atoms with E-state index in [1.165, 1.54) is 6.33 Å². The first-order valence-electron chi connectivity index (χ1n) is 4.55. The zero-order chi connectivity index (χ0) is 9.97. The van der Waals surface area contributed by atoms with Crippen molar-refractivity contribution in [2.45, 2.75) is 23.6 Å². The summed E-state index contributed by atoms with van der Waals surface area (Å²) in [4.78, 5) is 8.22. The van der Waals surface area contributed by atoms with Gasteiger partial charge in [-0.2, -0.15) is 0 Å². The van der Waals surface area contributed by atoms with Gasteiger partial charge in [0, 0.05) is 5.56 Å². The summed E-state index contributed by atoms with van der Waals surface area (Å²) in [6.07, 6.45) is 2.39. The minimum atomic E-state index is 0.534. The molecule has 0 saturated carbocycles. The largest absolute Gasteiger partial charge is 0.379 e.